The Morgan fingerprint density at radius 3 is 2.55 bits per heavy atom. The van der Waals surface area contributed by atoms with E-state index in [1.165, 1.54) is 0 Å². The van der Waals surface area contributed by atoms with Crippen molar-refractivity contribution in [3.8, 4) is 5.75 Å². The average Bonchev–Trinajstić information content (AvgIpc) is 3.54. The summed E-state index contributed by atoms with van der Waals surface area (Å²) in [7, 11) is 1.57. The van der Waals surface area contributed by atoms with Gasteiger partial charge < -0.3 is 15.0 Å². The van der Waals surface area contributed by atoms with E-state index in [-0.39, 0.29) is 18.5 Å². The predicted molar refractivity (Wildman–Crippen MR) is 107 cm³/mol. The number of urea groups is 1. The summed E-state index contributed by atoms with van der Waals surface area (Å²) < 4.78 is 5.16. The van der Waals surface area contributed by atoms with Crippen molar-refractivity contribution >= 4 is 17.8 Å². The first-order valence-corrected chi connectivity index (χ1v) is 10.2. The van der Waals surface area contributed by atoms with E-state index in [1.807, 2.05) is 4.90 Å². The van der Waals surface area contributed by atoms with Gasteiger partial charge in [0.2, 0.25) is 5.91 Å². The minimum Gasteiger partial charge on any atom is -0.497 e. The van der Waals surface area contributed by atoms with Gasteiger partial charge >= 0.3 is 6.03 Å². The molecule has 2 aliphatic carbocycles. The fraction of sp³-hybridized carbons (Fsp3) is 0.500. The zero-order valence-corrected chi connectivity index (χ0v) is 16.9. The van der Waals surface area contributed by atoms with E-state index in [2.05, 4.69) is 11.4 Å². The van der Waals surface area contributed by atoms with E-state index in [0.717, 1.165) is 49.1 Å². The number of nitrogens with one attached hydrogen (secondary N) is 1. The standard InChI is InChI=1S/C22H27N3O4/c1-22(15-8-12-18(29-2)13-9-15)20(27)24(21(28)23-22)14-19(26)25(17-10-11-17)16-6-4-3-5-7-16/h6,8-9,12-13,17H,3-5,7,10-11,14H2,1-2H3,(H,23,28)/t22-/m1/s1. The molecule has 1 saturated heterocycles. The SMILES string of the molecule is COc1ccc([C@@]2(C)NC(=O)N(CC(=O)N(C3=CCCCC3)C3CC3)C2=O)cc1. The van der Waals surface area contributed by atoms with Crippen molar-refractivity contribution in [2.75, 3.05) is 13.7 Å². The van der Waals surface area contributed by atoms with Gasteiger partial charge in [0.15, 0.2) is 0 Å². The summed E-state index contributed by atoms with van der Waals surface area (Å²) in [5, 5.41) is 2.76. The molecular formula is C22H27N3O4. The molecule has 3 aliphatic rings. The molecule has 1 aliphatic heterocycles. The van der Waals surface area contributed by atoms with Crippen LogP contribution in [0.15, 0.2) is 36.0 Å². The van der Waals surface area contributed by atoms with Crippen molar-refractivity contribution in [1.29, 1.82) is 0 Å². The van der Waals surface area contributed by atoms with E-state index < -0.39 is 17.5 Å². The van der Waals surface area contributed by atoms with Crippen molar-refractivity contribution in [3.05, 3.63) is 41.6 Å². The molecule has 1 heterocycles. The maximum atomic E-state index is 13.1. The lowest BCUT2D eigenvalue weighted by atomic mass is 9.92. The van der Waals surface area contributed by atoms with Crippen LogP contribution in [0.3, 0.4) is 0 Å². The molecule has 1 aromatic rings. The molecule has 7 heteroatoms. The number of carbonyl (C=O) groups is 3. The van der Waals surface area contributed by atoms with Gasteiger partial charge in [-0.3, -0.25) is 14.5 Å². The van der Waals surface area contributed by atoms with Gasteiger partial charge in [0, 0.05) is 11.7 Å². The molecule has 7 nitrogen and oxygen atoms in total. The van der Waals surface area contributed by atoms with E-state index >= 15 is 0 Å². The average molecular weight is 397 g/mol. The molecule has 1 N–H and O–H groups in total. The number of nitrogens with zero attached hydrogens (tertiary/aromatic N) is 2. The second-order valence-electron chi connectivity index (χ2n) is 8.11. The van der Waals surface area contributed by atoms with Crippen LogP contribution in [0.1, 0.15) is 51.0 Å². The molecule has 1 saturated carbocycles. The fourth-order valence-electron chi connectivity index (χ4n) is 4.14. The highest BCUT2D eigenvalue weighted by Crippen LogP contribution is 2.35. The summed E-state index contributed by atoms with van der Waals surface area (Å²) in [4.78, 5) is 41.7. The third kappa shape index (κ3) is 3.61. The number of methoxy groups -OCH3 is 1. The number of imide groups is 1. The van der Waals surface area contributed by atoms with Gasteiger partial charge in [-0.25, -0.2) is 4.79 Å². The monoisotopic (exact) mass is 397 g/mol. The van der Waals surface area contributed by atoms with E-state index in [1.54, 1.807) is 38.3 Å². The summed E-state index contributed by atoms with van der Waals surface area (Å²) in [6, 6.07) is 6.68. The Labute approximate surface area is 170 Å². The zero-order chi connectivity index (χ0) is 20.6. The summed E-state index contributed by atoms with van der Waals surface area (Å²) in [6.07, 6.45) is 8.16. The number of rotatable bonds is 6. The molecule has 0 radical (unpaired) electrons. The van der Waals surface area contributed by atoms with Crippen LogP contribution < -0.4 is 10.1 Å². The van der Waals surface area contributed by atoms with Crippen LogP contribution in [0.4, 0.5) is 4.79 Å². The lowest BCUT2D eigenvalue weighted by Gasteiger charge is -2.29. The highest BCUT2D eigenvalue weighted by Gasteiger charge is 2.50. The molecule has 1 atom stereocenters. The molecule has 0 spiro atoms. The van der Waals surface area contributed by atoms with Crippen LogP contribution in [0, 0.1) is 0 Å². The Kier molecular flexibility index (Phi) is 5.06. The number of hydrogen-bond acceptors (Lipinski definition) is 4. The first kappa shape index (κ1) is 19.5. The first-order chi connectivity index (χ1) is 13.9. The smallest absolute Gasteiger partial charge is 0.325 e. The molecule has 0 aromatic heterocycles. The third-order valence-corrected chi connectivity index (χ3v) is 5.99. The second kappa shape index (κ2) is 7.54. The summed E-state index contributed by atoms with van der Waals surface area (Å²) in [6.45, 7) is 1.44. The Hall–Kier alpha value is -2.83. The van der Waals surface area contributed by atoms with Crippen LogP contribution in [0.5, 0.6) is 5.75 Å². The van der Waals surface area contributed by atoms with Gasteiger partial charge in [0.25, 0.3) is 5.91 Å². The van der Waals surface area contributed by atoms with Crippen LogP contribution in [-0.4, -0.2) is 47.3 Å². The fourth-order valence-corrected chi connectivity index (χ4v) is 4.14. The quantitative estimate of drug-likeness (QED) is 0.749. The van der Waals surface area contributed by atoms with Gasteiger partial charge in [-0.05, 0) is 63.1 Å². The summed E-state index contributed by atoms with van der Waals surface area (Å²) in [5.41, 5.74) is 0.507. The Bertz CT molecular complexity index is 859. The minimum absolute atomic E-state index is 0.178. The van der Waals surface area contributed by atoms with Crippen molar-refractivity contribution in [3.63, 3.8) is 0 Å². The summed E-state index contributed by atoms with van der Waals surface area (Å²) >= 11 is 0. The number of ether oxygens (including phenoxy) is 1. The van der Waals surface area contributed by atoms with Gasteiger partial charge in [0.05, 0.1) is 7.11 Å². The Balaban J connectivity index is 1.52. The van der Waals surface area contributed by atoms with Gasteiger partial charge in [0.1, 0.15) is 17.8 Å². The highest BCUT2D eigenvalue weighted by atomic mass is 16.5. The van der Waals surface area contributed by atoms with E-state index in [4.69, 9.17) is 4.74 Å². The molecular weight excluding hydrogens is 370 g/mol. The van der Waals surface area contributed by atoms with Crippen molar-refractivity contribution in [1.82, 2.24) is 15.1 Å². The van der Waals surface area contributed by atoms with Crippen molar-refractivity contribution < 1.29 is 19.1 Å². The normalized spacial score (nSPS) is 24.2. The molecule has 0 unspecified atom stereocenters. The second-order valence-corrected chi connectivity index (χ2v) is 8.11. The minimum atomic E-state index is -1.20. The number of amides is 4. The van der Waals surface area contributed by atoms with Crippen LogP contribution in [-0.2, 0) is 15.1 Å². The summed E-state index contributed by atoms with van der Waals surface area (Å²) in [5.74, 6) is 0.0829. The van der Waals surface area contributed by atoms with E-state index in [9.17, 15) is 14.4 Å². The van der Waals surface area contributed by atoms with Crippen LogP contribution in [0.2, 0.25) is 0 Å². The molecule has 1 aromatic carbocycles. The van der Waals surface area contributed by atoms with Gasteiger partial charge in [-0.1, -0.05) is 18.2 Å². The Morgan fingerprint density at radius 2 is 1.97 bits per heavy atom. The van der Waals surface area contributed by atoms with Gasteiger partial charge in [-0.2, -0.15) is 0 Å². The number of carbonyl (C=O) groups excluding carboxylic acids is 3. The Morgan fingerprint density at radius 1 is 1.24 bits per heavy atom. The molecule has 4 amide bonds. The lowest BCUT2D eigenvalue weighted by molar-refractivity contribution is -0.138. The number of hydrogen-bond donors (Lipinski definition) is 1. The molecule has 29 heavy (non-hydrogen) atoms. The number of benzene rings is 1. The third-order valence-electron chi connectivity index (χ3n) is 5.99. The van der Waals surface area contributed by atoms with Crippen molar-refractivity contribution in [2.45, 2.75) is 57.0 Å². The molecule has 2 fully saturated rings. The maximum Gasteiger partial charge on any atom is 0.325 e. The van der Waals surface area contributed by atoms with Gasteiger partial charge in [-0.15, -0.1) is 0 Å². The molecule has 4 rings (SSSR count). The van der Waals surface area contributed by atoms with Crippen LogP contribution in [0.25, 0.3) is 0 Å². The predicted octanol–water partition coefficient (Wildman–Crippen LogP) is 2.91. The molecule has 154 valence electrons. The van der Waals surface area contributed by atoms with Crippen molar-refractivity contribution in [2.24, 2.45) is 0 Å². The first-order valence-electron chi connectivity index (χ1n) is 10.2. The number of allylic oxidation sites excluding steroid dienone is 2. The van der Waals surface area contributed by atoms with E-state index in [0.29, 0.717) is 11.3 Å². The zero-order valence-electron chi connectivity index (χ0n) is 16.9. The topological polar surface area (TPSA) is 79.0 Å². The highest BCUT2D eigenvalue weighted by molar-refractivity contribution is 6.09. The molecule has 0 bridgehead atoms. The largest absolute Gasteiger partial charge is 0.497 e. The van der Waals surface area contributed by atoms with Crippen LogP contribution >= 0.6 is 0 Å². The lowest BCUT2D eigenvalue weighted by Crippen LogP contribution is -2.45. The maximum absolute atomic E-state index is 13.1.